The molecule has 5 heteroatoms. The second-order valence-corrected chi connectivity index (χ2v) is 6.26. The first-order valence-corrected chi connectivity index (χ1v) is 7.98. The molecule has 2 atom stereocenters. The lowest BCUT2D eigenvalue weighted by atomic mass is 10.1. The number of rotatable bonds is 4. The first-order valence-electron chi connectivity index (χ1n) is 5.88. The molecule has 1 aliphatic heterocycles. The summed E-state index contributed by atoms with van der Waals surface area (Å²) in [4.78, 5) is 12.0. The number of carbonyl (C=O) groups is 1. The second-order valence-electron chi connectivity index (χ2n) is 4.33. The van der Waals surface area contributed by atoms with Gasteiger partial charge in [0.15, 0.2) is 0 Å². The number of thiophene rings is 1. The van der Waals surface area contributed by atoms with E-state index in [1.165, 1.54) is 5.56 Å². The van der Waals surface area contributed by atoms with Crippen molar-refractivity contribution < 1.29 is 4.79 Å². The van der Waals surface area contributed by atoms with Gasteiger partial charge in [-0.2, -0.15) is 23.1 Å². The summed E-state index contributed by atoms with van der Waals surface area (Å²) in [6.07, 6.45) is 0.912. The van der Waals surface area contributed by atoms with E-state index in [0.29, 0.717) is 0 Å². The van der Waals surface area contributed by atoms with Crippen LogP contribution in [0.15, 0.2) is 16.8 Å². The molecule has 1 aromatic heterocycles. The smallest absolute Gasteiger partial charge is 0.238 e. The van der Waals surface area contributed by atoms with Crippen molar-refractivity contribution >= 4 is 29.0 Å². The van der Waals surface area contributed by atoms with E-state index >= 15 is 0 Å². The van der Waals surface area contributed by atoms with Gasteiger partial charge in [0, 0.05) is 24.1 Å². The van der Waals surface area contributed by atoms with Crippen LogP contribution in [-0.4, -0.2) is 36.0 Å². The average Bonchev–Trinajstić information content (AvgIpc) is 2.82. The third-order valence-corrected chi connectivity index (χ3v) is 4.54. The Morgan fingerprint density at radius 3 is 3.24 bits per heavy atom. The van der Waals surface area contributed by atoms with Crippen molar-refractivity contribution in [1.29, 1.82) is 0 Å². The lowest BCUT2D eigenvalue weighted by Crippen LogP contribution is -2.51. The summed E-state index contributed by atoms with van der Waals surface area (Å²) in [5, 5.41) is 10.5. The number of thioether (sulfide) groups is 1. The van der Waals surface area contributed by atoms with E-state index in [1.807, 2.05) is 11.8 Å². The summed E-state index contributed by atoms with van der Waals surface area (Å²) >= 11 is 3.54. The molecule has 1 amide bonds. The van der Waals surface area contributed by atoms with Crippen LogP contribution in [-0.2, 0) is 11.2 Å². The van der Waals surface area contributed by atoms with Crippen molar-refractivity contribution in [2.24, 2.45) is 0 Å². The molecular weight excluding hydrogens is 252 g/mol. The van der Waals surface area contributed by atoms with Gasteiger partial charge in [-0.25, -0.2) is 0 Å². The Balaban J connectivity index is 1.77. The summed E-state index contributed by atoms with van der Waals surface area (Å²) in [7, 11) is 0. The van der Waals surface area contributed by atoms with E-state index in [0.717, 1.165) is 24.5 Å². The van der Waals surface area contributed by atoms with E-state index in [9.17, 15) is 4.79 Å². The number of amides is 1. The van der Waals surface area contributed by atoms with Gasteiger partial charge in [0.25, 0.3) is 0 Å². The maximum Gasteiger partial charge on any atom is 0.238 e. The minimum atomic E-state index is -0.0151. The zero-order chi connectivity index (χ0) is 12.1. The van der Waals surface area contributed by atoms with Gasteiger partial charge in [0.05, 0.1) is 6.04 Å². The Morgan fingerprint density at radius 2 is 2.59 bits per heavy atom. The molecular formula is C12H18N2OS2. The normalized spacial score (nSPS) is 22.1. The summed E-state index contributed by atoms with van der Waals surface area (Å²) in [5.41, 5.74) is 1.30. The predicted octanol–water partition coefficient (Wildman–Crippen LogP) is 1.50. The van der Waals surface area contributed by atoms with Crippen molar-refractivity contribution in [1.82, 2.24) is 10.6 Å². The Bertz CT molecular complexity index is 347. The number of hydrogen-bond donors (Lipinski definition) is 2. The van der Waals surface area contributed by atoms with Gasteiger partial charge >= 0.3 is 0 Å². The van der Waals surface area contributed by atoms with Crippen molar-refractivity contribution in [2.75, 3.05) is 18.1 Å². The molecule has 1 aromatic rings. The molecule has 0 aliphatic carbocycles. The molecule has 94 valence electrons. The molecule has 0 bridgehead atoms. The van der Waals surface area contributed by atoms with Crippen LogP contribution in [0.5, 0.6) is 0 Å². The molecule has 0 spiro atoms. The van der Waals surface area contributed by atoms with E-state index < -0.39 is 0 Å². The van der Waals surface area contributed by atoms with Crippen LogP contribution in [0.1, 0.15) is 12.5 Å². The summed E-state index contributed by atoms with van der Waals surface area (Å²) in [5.74, 6) is 2.13. The van der Waals surface area contributed by atoms with Crippen molar-refractivity contribution in [3.05, 3.63) is 22.4 Å². The maximum atomic E-state index is 12.0. The van der Waals surface area contributed by atoms with Gasteiger partial charge in [-0.15, -0.1) is 0 Å². The van der Waals surface area contributed by atoms with Gasteiger partial charge < -0.3 is 10.6 Å². The van der Waals surface area contributed by atoms with Crippen molar-refractivity contribution in [3.63, 3.8) is 0 Å². The Hall–Kier alpha value is -0.520. The van der Waals surface area contributed by atoms with Crippen LogP contribution < -0.4 is 10.6 Å². The first-order chi connectivity index (χ1) is 8.25. The van der Waals surface area contributed by atoms with Crippen LogP contribution in [0.2, 0.25) is 0 Å². The molecule has 2 rings (SSSR count). The van der Waals surface area contributed by atoms with Crippen molar-refractivity contribution in [2.45, 2.75) is 25.4 Å². The molecule has 0 saturated carbocycles. The highest BCUT2D eigenvalue weighted by Crippen LogP contribution is 2.10. The van der Waals surface area contributed by atoms with Crippen LogP contribution in [0, 0.1) is 0 Å². The molecule has 2 N–H and O–H groups in total. The topological polar surface area (TPSA) is 41.1 Å². The molecule has 2 unspecified atom stereocenters. The van der Waals surface area contributed by atoms with Gasteiger partial charge in [-0.05, 0) is 35.7 Å². The summed E-state index contributed by atoms with van der Waals surface area (Å²) in [6, 6.07) is 2.30. The molecule has 1 aliphatic rings. The maximum absolute atomic E-state index is 12.0. The van der Waals surface area contributed by atoms with Crippen LogP contribution in [0.3, 0.4) is 0 Å². The SMILES string of the molecule is CC(Cc1ccsc1)NC(=O)C1CSCCN1. The van der Waals surface area contributed by atoms with Crippen molar-refractivity contribution in [3.8, 4) is 0 Å². The van der Waals surface area contributed by atoms with Crippen LogP contribution >= 0.6 is 23.1 Å². The number of carbonyl (C=O) groups excluding carboxylic acids is 1. The third kappa shape index (κ3) is 4.01. The highest BCUT2D eigenvalue weighted by molar-refractivity contribution is 7.99. The van der Waals surface area contributed by atoms with E-state index in [-0.39, 0.29) is 18.0 Å². The Morgan fingerprint density at radius 1 is 1.71 bits per heavy atom. The highest BCUT2D eigenvalue weighted by atomic mass is 32.2. The second kappa shape index (κ2) is 6.42. The molecule has 1 fully saturated rings. The van der Waals surface area contributed by atoms with Gasteiger partial charge in [0.1, 0.15) is 0 Å². The fourth-order valence-corrected chi connectivity index (χ4v) is 3.51. The quantitative estimate of drug-likeness (QED) is 0.871. The molecule has 1 saturated heterocycles. The van der Waals surface area contributed by atoms with Gasteiger partial charge in [-0.3, -0.25) is 4.79 Å². The Labute approximate surface area is 110 Å². The van der Waals surface area contributed by atoms with E-state index in [4.69, 9.17) is 0 Å². The summed E-state index contributed by atoms with van der Waals surface area (Å²) in [6.45, 7) is 2.99. The van der Waals surface area contributed by atoms with Gasteiger partial charge in [-0.1, -0.05) is 0 Å². The first kappa shape index (κ1) is 12.9. The standard InChI is InChI=1S/C12H18N2OS2/c1-9(6-10-2-4-16-7-10)14-12(15)11-8-17-5-3-13-11/h2,4,7,9,11,13H,3,5-6,8H2,1H3,(H,14,15). The monoisotopic (exact) mass is 270 g/mol. The predicted molar refractivity (Wildman–Crippen MR) is 74.7 cm³/mol. The van der Waals surface area contributed by atoms with Gasteiger partial charge in [0.2, 0.25) is 5.91 Å². The lowest BCUT2D eigenvalue weighted by molar-refractivity contribution is -0.123. The number of hydrogen-bond acceptors (Lipinski definition) is 4. The largest absolute Gasteiger partial charge is 0.352 e. The van der Waals surface area contributed by atoms with E-state index in [2.05, 4.69) is 34.4 Å². The lowest BCUT2D eigenvalue weighted by Gasteiger charge is -2.24. The van der Waals surface area contributed by atoms with E-state index in [1.54, 1.807) is 11.3 Å². The third-order valence-electron chi connectivity index (χ3n) is 2.75. The number of nitrogens with one attached hydrogen (secondary N) is 2. The zero-order valence-electron chi connectivity index (χ0n) is 9.94. The Kier molecular flexibility index (Phi) is 4.88. The molecule has 0 radical (unpaired) electrons. The van der Waals surface area contributed by atoms with Crippen LogP contribution in [0.25, 0.3) is 0 Å². The minimum Gasteiger partial charge on any atom is -0.352 e. The van der Waals surface area contributed by atoms with Crippen LogP contribution in [0.4, 0.5) is 0 Å². The fourth-order valence-electron chi connectivity index (χ4n) is 1.89. The molecule has 2 heterocycles. The summed E-state index contributed by atoms with van der Waals surface area (Å²) < 4.78 is 0. The molecule has 0 aromatic carbocycles. The molecule has 3 nitrogen and oxygen atoms in total. The minimum absolute atomic E-state index is 0.0151. The fraction of sp³-hybridized carbons (Fsp3) is 0.583. The zero-order valence-corrected chi connectivity index (χ0v) is 11.6. The average molecular weight is 270 g/mol. The highest BCUT2D eigenvalue weighted by Gasteiger charge is 2.21. The molecule has 17 heavy (non-hydrogen) atoms.